The summed E-state index contributed by atoms with van der Waals surface area (Å²) in [6.45, 7) is 1.74. The molecule has 1 aliphatic heterocycles. The summed E-state index contributed by atoms with van der Waals surface area (Å²) in [5.41, 5.74) is 6.82. The molecule has 3 heterocycles. The van der Waals surface area contributed by atoms with Gasteiger partial charge in [0.2, 0.25) is 5.95 Å². The van der Waals surface area contributed by atoms with Crippen LogP contribution in [-0.4, -0.2) is 43.2 Å². The first-order valence-corrected chi connectivity index (χ1v) is 8.36. The van der Waals surface area contributed by atoms with Crippen LogP contribution in [0.1, 0.15) is 43.7 Å². The van der Waals surface area contributed by atoms with E-state index in [1.807, 2.05) is 4.31 Å². The number of thiol groups is 1. The van der Waals surface area contributed by atoms with Gasteiger partial charge in [0.05, 0.1) is 12.3 Å². The van der Waals surface area contributed by atoms with Crippen LogP contribution in [0.25, 0.3) is 5.52 Å². The number of halogens is 1. The highest BCUT2D eigenvalue weighted by Gasteiger charge is 2.24. The van der Waals surface area contributed by atoms with Crippen molar-refractivity contribution in [2.45, 2.75) is 44.1 Å². The van der Waals surface area contributed by atoms with E-state index in [9.17, 15) is 4.39 Å². The molecule has 0 aromatic carbocycles. The molecule has 3 N–H and O–H groups in total. The predicted molar refractivity (Wildman–Crippen MR) is 89.7 cm³/mol. The smallest absolute Gasteiger partial charge is 0.238 e. The minimum Gasteiger partial charge on any atom is -0.392 e. The van der Waals surface area contributed by atoms with Gasteiger partial charge in [-0.3, -0.25) is 4.31 Å². The van der Waals surface area contributed by atoms with Gasteiger partial charge >= 0.3 is 0 Å². The SMILES string of the molecule is Nc1ncc2c(F)cc(C3CCC3)n2n1.OC1CCCN(S)C1. The fourth-order valence-corrected chi connectivity index (χ4v) is 3.25. The Balaban J connectivity index is 0.000000166. The van der Waals surface area contributed by atoms with Crippen molar-refractivity contribution < 1.29 is 9.50 Å². The number of hydrogen-bond acceptors (Lipinski definition) is 6. The quantitative estimate of drug-likeness (QED) is 0.693. The molecule has 126 valence electrons. The second kappa shape index (κ2) is 7.02. The Bertz CT molecular complexity index is 667. The lowest BCUT2D eigenvalue weighted by Gasteiger charge is -2.24. The maximum absolute atomic E-state index is 13.5. The number of nitrogen functional groups attached to an aromatic ring is 1. The summed E-state index contributed by atoms with van der Waals surface area (Å²) in [5.74, 6) is 0.340. The zero-order valence-electron chi connectivity index (χ0n) is 12.9. The number of anilines is 1. The van der Waals surface area contributed by atoms with Crippen molar-refractivity contribution in [2.75, 3.05) is 18.8 Å². The van der Waals surface area contributed by atoms with Crippen LogP contribution in [0.2, 0.25) is 0 Å². The molecule has 23 heavy (non-hydrogen) atoms. The Hall–Kier alpha value is -1.38. The lowest BCUT2D eigenvalue weighted by molar-refractivity contribution is 0.113. The zero-order valence-corrected chi connectivity index (χ0v) is 13.8. The number of aliphatic hydroxyl groups excluding tert-OH is 1. The third-order valence-electron chi connectivity index (χ3n) is 4.41. The predicted octanol–water partition coefficient (Wildman–Crippen LogP) is 2.01. The topological polar surface area (TPSA) is 79.7 Å². The van der Waals surface area contributed by atoms with Gasteiger partial charge in [-0.15, -0.1) is 5.10 Å². The molecule has 0 spiro atoms. The van der Waals surface area contributed by atoms with E-state index in [4.69, 9.17) is 10.8 Å². The van der Waals surface area contributed by atoms with Crippen LogP contribution in [-0.2, 0) is 0 Å². The normalized spacial score (nSPS) is 22.5. The van der Waals surface area contributed by atoms with E-state index in [-0.39, 0.29) is 17.9 Å². The van der Waals surface area contributed by atoms with Crippen LogP contribution in [0.4, 0.5) is 10.3 Å². The maximum Gasteiger partial charge on any atom is 0.238 e. The Morgan fingerprint density at radius 2 is 2.09 bits per heavy atom. The van der Waals surface area contributed by atoms with Crippen molar-refractivity contribution in [3.8, 4) is 0 Å². The number of aromatic nitrogens is 3. The fraction of sp³-hybridized carbons (Fsp3) is 0.600. The van der Waals surface area contributed by atoms with Gasteiger partial charge < -0.3 is 10.8 Å². The van der Waals surface area contributed by atoms with Gasteiger partial charge in [0, 0.05) is 24.7 Å². The lowest BCUT2D eigenvalue weighted by atomic mass is 9.83. The fourth-order valence-electron chi connectivity index (χ4n) is 2.92. The van der Waals surface area contributed by atoms with Crippen LogP contribution < -0.4 is 5.73 Å². The molecule has 1 saturated heterocycles. The first kappa shape index (κ1) is 16.5. The largest absolute Gasteiger partial charge is 0.392 e. The molecule has 0 bridgehead atoms. The molecule has 4 rings (SSSR count). The van der Waals surface area contributed by atoms with Crippen LogP contribution in [0, 0.1) is 5.82 Å². The van der Waals surface area contributed by atoms with Gasteiger partial charge in [0.1, 0.15) is 5.52 Å². The summed E-state index contributed by atoms with van der Waals surface area (Å²) in [6, 6.07) is 1.55. The van der Waals surface area contributed by atoms with E-state index >= 15 is 0 Å². The summed E-state index contributed by atoms with van der Waals surface area (Å²) in [5, 5.41) is 13.0. The number of nitrogens with zero attached hydrogens (tertiary/aromatic N) is 4. The molecule has 0 radical (unpaired) electrons. The summed E-state index contributed by atoms with van der Waals surface area (Å²) in [7, 11) is 0. The molecule has 0 amide bonds. The summed E-state index contributed by atoms with van der Waals surface area (Å²) in [6.07, 6.45) is 6.73. The molecular formula is C15H22FN5OS. The number of β-amino-alcohol motifs (C(OH)–C–C–N with tert-alkyl or cyclic N) is 1. The number of hydrogen-bond donors (Lipinski definition) is 3. The molecule has 1 unspecified atom stereocenters. The van der Waals surface area contributed by atoms with Gasteiger partial charge in [0.15, 0.2) is 5.82 Å². The second-order valence-corrected chi connectivity index (χ2v) is 6.73. The van der Waals surface area contributed by atoms with E-state index < -0.39 is 0 Å². The third-order valence-corrected chi connectivity index (χ3v) is 4.78. The highest BCUT2D eigenvalue weighted by molar-refractivity contribution is 7.77. The first-order valence-electron chi connectivity index (χ1n) is 7.96. The maximum atomic E-state index is 13.5. The van der Waals surface area contributed by atoms with Crippen molar-refractivity contribution in [1.82, 2.24) is 18.9 Å². The van der Waals surface area contributed by atoms with E-state index in [0.717, 1.165) is 44.5 Å². The summed E-state index contributed by atoms with van der Waals surface area (Å²) in [4.78, 5) is 3.79. The van der Waals surface area contributed by atoms with Crippen molar-refractivity contribution in [3.63, 3.8) is 0 Å². The van der Waals surface area contributed by atoms with E-state index in [1.54, 1.807) is 10.6 Å². The van der Waals surface area contributed by atoms with Gasteiger partial charge in [-0.1, -0.05) is 19.2 Å². The van der Waals surface area contributed by atoms with Crippen LogP contribution in [0.3, 0.4) is 0 Å². The molecule has 6 nitrogen and oxygen atoms in total. The molecule has 8 heteroatoms. The van der Waals surface area contributed by atoms with Crippen LogP contribution >= 0.6 is 12.8 Å². The van der Waals surface area contributed by atoms with Gasteiger partial charge in [-0.25, -0.2) is 13.9 Å². The van der Waals surface area contributed by atoms with Gasteiger partial charge in [0.25, 0.3) is 0 Å². The van der Waals surface area contributed by atoms with Crippen molar-refractivity contribution >= 4 is 24.3 Å². The molecule has 1 atom stereocenters. The lowest BCUT2D eigenvalue weighted by Crippen LogP contribution is -2.31. The minimum atomic E-state index is -0.267. The van der Waals surface area contributed by atoms with E-state index in [2.05, 4.69) is 22.9 Å². The van der Waals surface area contributed by atoms with Crippen LogP contribution in [0.5, 0.6) is 0 Å². The number of piperidine rings is 1. The van der Waals surface area contributed by atoms with E-state index in [1.165, 1.54) is 12.6 Å². The molecular weight excluding hydrogens is 317 g/mol. The van der Waals surface area contributed by atoms with Gasteiger partial charge in [-0.2, -0.15) is 0 Å². The average molecular weight is 339 g/mol. The number of fused-ring (bicyclic) bond motifs is 1. The molecule has 1 aliphatic carbocycles. The Morgan fingerprint density at radius 3 is 2.65 bits per heavy atom. The Morgan fingerprint density at radius 1 is 1.30 bits per heavy atom. The average Bonchev–Trinajstić information content (AvgIpc) is 2.74. The number of aliphatic hydroxyl groups is 1. The Labute approximate surface area is 140 Å². The van der Waals surface area contributed by atoms with Crippen LogP contribution in [0.15, 0.2) is 12.3 Å². The molecule has 1 saturated carbocycles. The first-order chi connectivity index (χ1) is 11.0. The van der Waals surface area contributed by atoms with Gasteiger partial charge in [-0.05, 0) is 31.7 Å². The monoisotopic (exact) mass is 339 g/mol. The molecule has 2 aliphatic rings. The zero-order chi connectivity index (χ0) is 16.4. The highest BCUT2D eigenvalue weighted by atomic mass is 32.1. The standard InChI is InChI=1S/C10H11FN4.C5H11NOS/c11-7-4-8(6-2-1-3-6)15-9(7)5-13-10(12)14-15;7-5-2-1-3-6(8)4-5/h4-6H,1-3H2,(H2,12,14);5,7-8H,1-4H2. The van der Waals surface area contributed by atoms with Crippen molar-refractivity contribution in [3.05, 3.63) is 23.8 Å². The van der Waals surface area contributed by atoms with Crippen molar-refractivity contribution in [1.29, 1.82) is 0 Å². The minimum absolute atomic E-state index is 0.138. The highest BCUT2D eigenvalue weighted by Crippen LogP contribution is 2.37. The summed E-state index contributed by atoms with van der Waals surface area (Å²) >= 11 is 4.09. The third kappa shape index (κ3) is 3.76. The second-order valence-electron chi connectivity index (χ2n) is 6.17. The molecule has 2 aromatic heterocycles. The number of rotatable bonds is 1. The van der Waals surface area contributed by atoms with Crippen molar-refractivity contribution in [2.24, 2.45) is 0 Å². The molecule has 2 aromatic rings. The molecule has 2 fully saturated rings. The number of nitrogens with two attached hydrogens (primary N) is 1. The Kier molecular flexibility index (Phi) is 5.03. The summed E-state index contributed by atoms with van der Waals surface area (Å²) < 4.78 is 17.0. The van der Waals surface area contributed by atoms with E-state index in [0.29, 0.717) is 11.4 Å².